The molecule has 2 rings (SSSR count). The number of esters is 1. The Bertz CT molecular complexity index is 628. The lowest BCUT2D eigenvalue weighted by Gasteiger charge is -2.22. The Hall–Kier alpha value is -2.03. The topological polar surface area (TPSA) is 111 Å². The van der Waals surface area contributed by atoms with Gasteiger partial charge in [0.15, 0.2) is 0 Å². The number of nitrogens with zero attached hydrogens (tertiary/aromatic N) is 3. The number of aromatic nitrogens is 2. The number of rotatable bonds is 5. The summed E-state index contributed by atoms with van der Waals surface area (Å²) in [4.78, 5) is 32.5. The predicted octanol–water partition coefficient (Wildman–Crippen LogP) is 1.53. The number of aryl methyl sites for hydroxylation is 1. The molecule has 0 spiro atoms. The maximum absolute atomic E-state index is 12.1. The Labute approximate surface area is 131 Å². The molecule has 1 fully saturated rings. The van der Waals surface area contributed by atoms with E-state index in [1.165, 1.54) is 0 Å². The van der Waals surface area contributed by atoms with Gasteiger partial charge in [-0.25, -0.2) is 14.6 Å². The molecular formula is C13H17N3O5S. The minimum absolute atomic E-state index is 0.0324. The van der Waals surface area contributed by atoms with Gasteiger partial charge in [0.05, 0.1) is 0 Å². The van der Waals surface area contributed by atoms with Crippen LogP contribution in [0.4, 0.5) is 0 Å². The summed E-state index contributed by atoms with van der Waals surface area (Å²) < 4.78 is 9.14. The summed E-state index contributed by atoms with van der Waals surface area (Å²) in [6.45, 7) is 6.93. The molecule has 8 nitrogen and oxygen atoms in total. The summed E-state index contributed by atoms with van der Waals surface area (Å²) in [6.07, 6.45) is 0.865. The third-order valence-corrected chi connectivity index (χ3v) is 3.35. The summed E-state index contributed by atoms with van der Waals surface area (Å²) in [6, 6.07) is 0. The van der Waals surface area contributed by atoms with Crippen LogP contribution in [0.3, 0.4) is 0 Å². The second kappa shape index (κ2) is 5.64. The van der Waals surface area contributed by atoms with Crippen molar-refractivity contribution < 1.29 is 24.3 Å². The van der Waals surface area contributed by atoms with E-state index in [9.17, 15) is 14.7 Å². The van der Waals surface area contributed by atoms with Gasteiger partial charge in [0, 0.05) is 12.8 Å². The van der Waals surface area contributed by atoms with Gasteiger partial charge in [0.25, 0.3) is 0 Å². The molecule has 1 N–H and O–H groups in total. The Balaban J connectivity index is 2.14. The van der Waals surface area contributed by atoms with Crippen LogP contribution in [0, 0.1) is 6.92 Å². The van der Waals surface area contributed by atoms with Gasteiger partial charge in [-0.1, -0.05) is 5.16 Å². The van der Waals surface area contributed by atoms with E-state index in [4.69, 9.17) is 9.57 Å². The fraction of sp³-hybridized carbons (Fsp3) is 0.615. The van der Waals surface area contributed by atoms with Crippen molar-refractivity contribution >= 4 is 29.2 Å². The lowest BCUT2D eigenvalue weighted by Crippen LogP contribution is -2.34. The zero-order valence-electron chi connectivity index (χ0n) is 12.7. The molecule has 9 heteroatoms. The van der Waals surface area contributed by atoms with E-state index in [1.54, 1.807) is 27.7 Å². The number of hydrogen-bond donors (Lipinski definition) is 1. The maximum atomic E-state index is 12.1. The lowest BCUT2D eigenvalue weighted by atomic mass is 10.2. The lowest BCUT2D eigenvalue weighted by molar-refractivity contribution is -0.172. The maximum Gasteiger partial charge on any atom is 0.362 e. The van der Waals surface area contributed by atoms with Crippen molar-refractivity contribution in [2.45, 2.75) is 51.7 Å². The fourth-order valence-electron chi connectivity index (χ4n) is 1.52. The van der Waals surface area contributed by atoms with E-state index in [0.29, 0.717) is 17.8 Å². The highest BCUT2D eigenvalue weighted by molar-refractivity contribution is 7.05. The first-order valence-corrected chi connectivity index (χ1v) is 7.44. The van der Waals surface area contributed by atoms with Gasteiger partial charge in [-0.2, -0.15) is 4.37 Å². The van der Waals surface area contributed by atoms with Gasteiger partial charge >= 0.3 is 11.9 Å². The first kappa shape index (κ1) is 16.3. The first-order chi connectivity index (χ1) is 10.1. The van der Waals surface area contributed by atoms with Gasteiger partial charge < -0.3 is 14.7 Å². The van der Waals surface area contributed by atoms with Crippen LogP contribution in [0.15, 0.2) is 5.16 Å². The van der Waals surface area contributed by atoms with Gasteiger partial charge in [0.1, 0.15) is 10.6 Å². The second-order valence-corrected chi connectivity index (χ2v) is 6.93. The minimum atomic E-state index is -1.32. The van der Waals surface area contributed by atoms with E-state index >= 15 is 0 Å². The molecule has 0 atom stereocenters. The number of carboxylic acid groups (broad SMARTS) is 1. The molecular weight excluding hydrogens is 310 g/mol. The standard InChI is InChI=1S/C13H17N3O5S/c1-7-14-9(16-22-7)8(10(17)18)15-21-13(5-6-13)11(19)20-12(2,3)4/h5-6H2,1-4H3,(H,17,18)/b15-8-. The molecule has 1 aromatic heterocycles. The van der Waals surface area contributed by atoms with Crippen LogP contribution >= 0.6 is 11.5 Å². The monoisotopic (exact) mass is 327 g/mol. The summed E-state index contributed by atoms with van der Waals surface area (Å²) >= 11 is 1.06. The normalized spacial score (nSPS) is 17.0. The molecule has 1 heterocycles. The number of carbonyl (C=O) groups excluding carboxylic acids is 1. The van der Waals surface area contributed by atoms with Gasteiger partial charge in [-0.05, 0) is 39.2 Å². The Morgan fingerprint density at radius 2 is 2.00 bits per heavy atom. The Morgan fingerprint density at radius 1 is 1.36 bits per heavy atom. The van der Waals surface area contributed by atoms with E-state index in [2.05, 4.69) is 14.5 Å². The predicted molar refractivity (Wildman–Crippen MR) is 77.7 cm³/mol. The Kier molecular flexibility index (Phi) is 4.19. The quantitative estimate of drug-likeness (QED) is 0.496. The highest BCUT2D eigenvalue weighted by atomic mass is 32.1. The summed E-state index contributed by atoms with van der Waals surface area (Å²) in [7, 11) is 0. The third-order valence-electron chi connectivity index (χ3n) is 2.73. The summed E-state index contributed by atoms with van der Waals surface area (Å²) in [5.41, 5.74) is -2.28. The van der Waals surface area contributed by atoms with Crippen molar-refractivity contribution in [3.8, 4) is 0 Å². The SMILES string of the molecule is Cc1nc(/C(=N/OC2(C(=O)OC(C)(C)C)CC2)C(=O)O)ns1. The molecule has 0 radical (unpaired) electrons. The second-order valence-electron chi connectivity index (χ2n) is 5.97. The van der Waals surface area contributed by atoms with Crippen LogP contribution in [0.25, 0.3) is 0 Å². The molecule has 1 saturated carbocycles. The average Bonchev–Trinajstić information content (AvgIpc) is 3.04. The van der Waals surface area contributed by atoms with Crippen LogP contribution in [-0.2, 0) is 19.2 Å². The van der Waals surface area contributed by atoms with Crippen molar-refractivity contribution in [3.05, 3.63) is 10.8 Å². The first-order valence-electron chi connectivity index (χ1n) is 6.67. The van der Waals surface area contributed by atoms with Crippen LogP contribution < -0.4 is 0 Å². The molecule has 0 amide bonds. The van der Waals surface area contributed by atoms with Crippen molar-refractivity contribution in [1.29, 1.82) is 0 Å². The van der Waals surface area contributed by atoms with Crippen LogP contribution in [0.1, 0.15) is 44.4 Å². The minimum Gasteiger partial charge on any atom is -0.476 e. The number of carboxylic acids is 1. The molecule has 0 aromatic carbocycles. The number of carbonyl (C=O) groups is 2. The van der Waals surface area contributed by atoms with E-state index in [1.807, 2.05) is 0 Å². The molecule has 0 saturated heterocycles. The molecule has 1 aliphatic rings. The third kappa shape index (κ3) is 3.79. The van der Waals surface area contributed by atoms with Crippen LogP contribution in [0.2, 0.25) is 0 Å². The molecule has 0 unspecified atom stereocenters. The number of hydrogen-bond acceptors (Lipinski definition) is 8. The van der Waals surface area contributed by atoms with E-state index < -0.39 is 28.9 Å². The highest BCUT2D eigenvalue weighted by Gasteiger charge is 2.56. The zero-order valence-corrected chi connectivity index (χ0v) is 13.6. The van der Waals surface area contributed by atoms with Crippen molar-refractivity contribution in [3.63, 3.8) is 0 Å². The van der Waals surface area contributed by atoms with Crippen LogP contribution in [0.5, 0.6) is 0 Å². The Morgan fingerprint density at radius 3 is 2.41 bits per heavy atom. The number of oxime groups is 1. The summed E-state index contributed by atoms with van der Waals surface area (Å²) in [5.74, 6) is -1.90. The number of ether oxygens (including phenoxy) is 1. The largest absolute Gasteiger partial charge is 0.476 e. The van der Waals surface area contributed by atoms with Gasteiger partial charge in [0.2, 0.25) is 17.1 Å². The molecule has 120 valence electrons. The highest BCUT2D eigenvalue weighted by Crippen LogP contribution is 2.42. The van der Waals surface area contributed by atoms with Crippen molar-refractivity contribution in [2.24, 2.45) is 5.16 Å². The van der Waals surface area contributed by atoms with Crippen molar-refractivity contribution in [2.75, 3.05) is 0 Å². The van der Waals surface area contributed by atoms with Crippen LogP contribution in [-0.4, -0.2) is 43.3 Å². The zero-order chi connectivity index (χ0) is 16.5. The van der Waals surface area contributed by atoms with Gasteiger partial charge in [-0.15, -0.1) is 0 Å². The smallest absolute Gasteiger partial charge is 0.362 e. The number of aliphatic carboxylic acids is 1. The molecule has 22 heavy (non-hydrogen) atoms. The molecule has 1 aliphatic carbocycles. The molecule has 1 aromatic rings. The molecule has 0 bridgehead atoms. The van der Waals surface area contributed by atoms with Gasteiger partial charge in [-0.3, -0.25) is 0 Å². The average molecular weight is 327 g/mol. The molecule has 0 aliphatic heterocycles. The van der Waals surface area contributed by atoms with E-state index in [0.717, 1.165) is 11.5 Å². The van der Waals surface area contributed by atoms with E-state index in [-0.39, 0.29) is 5.82 Å². The summed E-state index contributed by atoms with van der Waals surface area (Å²) in [5, 5.41) is 13.4. The fourth-order valence-corrected chi connectivity index (χ4v) is 1.99. The van der Waals surface area contributed by atoms with Crippen molar-refractivity contribution in [1.82, 2.24) is 9.36 Å².